The molecule has 112 valence electrons. The number of aliphatic hydroxyl groups is 2. The SMILES string of the molecule is CC(C)(C)OC(=O)c1ccccc1C(O)C(O)CCBr. The molecule has 0 spiro atoms. The van der Waals surface area contributed by atoms with Gasteiger partial charge in [-0.2, -0.15) is 0 Å². The standard InChI is InChI=1S/C15H21BrO4/c1-15(2,3)20-14(19)11-7-5-4-6-10(11)13(18)12(17)8-9-16/h4-7,12-13,17-18H,8-9H2,1-3H3. The summed E-state index contributed by atoms with van der Waals surface area (Å²) in [5, 5.41) is 20.6. The number of benzene rings is 1. The Morgan fingerprint density at radius 3 is 2.45 bits per heavy atom. The molecule has 0 amide bonds. The molecule has 0 aliphatic heterocycles. The largest absolute Gasteiger partial charge is 0.456 e. The number of aliphatic hydroxyl groups excluding tert-OH is 2. The molecular weight excluding hydrogens is 324 g/mol. The first-order valence-electron chi connectivity index (χ1n) is 6.50. The third-order valence-corrected chi connectivity index (χ3v) is 3.13. The maximum Gasteiger partial charge on any atom is 0.339 e. The van der Waals surface area contributed by atoms with Crippen molar-refractivity contribution in [1.82, 2.24) is 0 Å². The first-order chi connectivity index (χ1) is 9.26. The summed E-state index contributed by atoms with van der Waals surface area (Å²) in [6.45, 7) is 5.34. The Hall–Kier alpha value is -0.910. The fourth-order valence-electron chi connectivity index (χ4n) is 1.75. The molecule has 0 fully saturated rings. The molecule has 0 bridgehead atoms. The van der Waals surface area contributed by atoms with Crippen molar-refractivity contribution in [2.24, 2.45) is 0 Å². The molecule has 0 aromatic heterocycles. The summed E-state index contributed by atoms with van der Waals surface area (Å²) in [7, 11) is 0. The van der Waals surface area contributed by atoms with E-state index in [9.17, 15) is 15.0 Å². The van der Waals surface area contributed by atoms with Crippen LogP contribution in [0, 0.1) is 0 Å². The van der Waals surface area contributed by atoms with Gasteiger partial charge in [0, 0.05) is 5.33 Å². The molecule has 0 heterocycles. The molecule has 1 aromatic carbocycles. The lowest BCUT2D eigenvalue weighted by Gasteiger charge is -2.23. The molecule has 2 atom stereocenters. The highest BCUT2D eigenvalue weighted by atomic mass is 79.9. The molecule has 0 aliphatic carbocycles. The molecule has 2 N–H and O–H groups in total. The van der Waals surface area contributed by atoms with Gasteiger partial charge in [-0.3, -0.25) is 0 Å². The Morgan fingerprint density at radius 2 is 1.90 bits per heavy atom. The van der Waals surface area contributed by atoms with Crippen molar-refractivity contribution >= 4 is 21.9 Å². The third-order valence-electron chi connectivity index (χ3n) is 2.67. The van der Waals surface area contributed by atoms with E-state index in [1.54, 1.807) is 45.0 Å². The van der Waals surface area contributed by atoms with E-state index in [4.69, 9.17) is 4.74 Å². The van der Waals surface area contributed by atoms with Gasteiger partial charge in [-0.1, -0.05) is 34.1 Å². The highest BCUT2D eigenvalue weighted by Gasteiger charge is 2.25. The van der Waals surface area contributed by atoms with Crippen LogP contribution in [-0.2, 0) is 4.74 Å². The Bertz CT molecular complexity index is 453. The first-order valence-corrected chi connectivity index (χ1v) is 7.63. The molecule has 0 aliphatic rings. The van der Waals surface area contributed by atoms with Gasteiger partial charge in [-0.25, -0.2) is 4.79 Å². The predicted octanol–water partition coefficient (Wildman–Crippen LogP) is 2.82. The highest BCUT2D eigenvalue weighted by molar-refractivity contribution is 9.09. The Kier molecular flexibility index (Phi) is 6.17. The summed E-state index contributed by atoms with van der Waals surface area (Å²) in [6.07, 6.45) is -1.65. The van der Waals surface area contributed by atoms with Gasteiger partial charge in [-0.15, -0.1) is 0 Å². The van der Waals surface area contributed by atoms with Crippen LogP contribution in [0.15, 0.2) is 24.3 Å². The average Bonchev–Trinajstić information content (AvgIpc) is 2.36. The summed E-state index contributed by atoms with van der Waals surface area (Å²) in [4.78, 5) is 12.1. The second-order valence-corrected chi connectivity index (χ2v) is 6.37. The lowest BCUT2D eigenvalue weighted by molar-refractivity contribution is 0.00299. The normalized spacial score (nSPS) is 14.7. The van der Waals surface area contributed by atoms with Gasteiger partial charge in [-0.05, 0) is 38.8 Å². The molecule has 4 nitrogen and oxygen atoms in total. The number of rotatable bonds is 5. The second kappa shape index (κ2) is 7.20. The van der Waals surface area contributed by atoms with Crippen molar-refractivity contribution < 1.29 is 19.7 Å². The van der Waals surface area contributed by atoms with Crippen molar-refractivity contribution in [1.29, 1.82) is 0 Å². The monoisotopic (exact) mass is 344 g/mol. The van der Waals surface area contributed by atoms with Crippen LogP contribution in [0.3, 0.4) is 0 Å². The molecule has 0 saturated heterocycles. The van der Waals surface area contributed by atoms with Crippen LogP contribution in [0.4, 0.5) is 0 Å². The van der Waals surface area contributed by atoms with Gasteiger partial charge < -0.3 is 14.9 Å². The summed E-state index contributed by atoms with van der Waals surface area (Å²) >= 11 is 3.22. The second-order valence-electron chi connectivity index (χ2n) is 5.58. The fraction of sp³-hybridized carbons (Fsp3) is 0.533. The van der Waals surface area contributed by atoms with E-state index in [2.05, 4.69) is 15.9 Å². The van der Waals surface area contributed by atoms with E-state index in [-0.39, 0.29) is 5.56 Å². The zero-order valence-corrected chi connectivity index (χ0v) is 13.6. The Morgan fingerprint density at radius 1 is 1.30 bits per heavy atom. The average molecular weight is 345 g/mol. The highest BCUT2D eigenvalue weighted by Crippen LogP contribution is 2.25. The zero-order chi connectivity index (χ0) is 15.3. The summed E-state index contributed by atoms with van der Waals surface area (Å²) in [6, 6.07) is 6.63. The number of ether oxygens (including phenoxy) is 1. The van der Waals surface area contributed by atoms with Gasteiger partial charge in [0.25, 0.3) is 0 Å². The van der Waals surface area contributed by atoms with E-state index >= 15 is 0 Å². The van der Waals surface area contributed by atoms with Crippen molar-refractivity contribution in [2.75, 3.05) is 5.33 Å². The van der Waals surface area contributed by atoms with Crippen LogP contribution in [0.25, 0.3) is 0 Å². The van der Waals surface area contributed by atoms with Crippen molar-refractivity contribution in [2.45, 2.75) is 45.0 Å². The lowest BCUT2D eigenvalue weighted by atomic mass is 9.97. The van der Waals surface area contributed by atoms with E-state index in [1.807, 2.05) is 0 Å². The predicted molar refractivity (Wildman–Crippen MR) is 81.0 cm³/mol. The minimum Gasteiger partial charge on any atom is -0.456 e. The van der Waals surface area contributed by atoms with Crippen molar-refractivity contribution in [3.05, 3.63) is 35.4 Å². The Labute approximate surface area is 127 Å². The van der Waals surface area contributed by atoms with E-state index in [1.165, 1.54) is 0 Å². The quantitative estimate of drug-likeness (QED) is 0.636. The minimum absolute atomic E-state index is 0.281. The fourth-order valence-corrected chi connectivity index (χ4v) is 2.22. The van der Waals surface area contributed by atoms with Crippen molar-refractivity contribution in [3.8, 4) is 0 Å². The van der Waals surface area contributed by atoms with Crippen LogP contribution in [0.5, 0.6) is 0 Å². The Balaban J connectivity index is 3.01. The van der Waals surface area contributed by atoms with Crippen LogP contribution in [0.2, 0.25) is 0 Å². The molecule has 20 heavy (non-hydrogen) atoms. The number of halogens is 1. The molecule has 0 saturated carbocycles. The number of alkyl halides is 1. The zero-order valence-electron chi connectivity index (χ0n) is 12.0. The molecular formula is C15H21BrO4. The van der Waals surface area contributed by atoms with E-state index in [0.29, 0.717) is 17.3 Å². The number of carbonyl (C=O) groups excluding carboxylic acids is 1. The molecule has 2 unspecified atom stereocenters. The van der Waals surface area contributed by atoms with Gasteiger partial charge in [0.2, 0.25) is 0 Å². The molecule has 1 rings (SSSR count). The molecule has 5 heteroatoms. The lowest BCUT2D eigenvalue weighted by Crippen LogP contribution is -2.26. The maximum atomic E-state index is 12.1. The van der Waals surface area contributed by atoms with Gasteiger partial charge >= 0.3 is 5.97 Å². The van der Waals surface area contributed by atoms with E-state index < -0.39 is 23.8 Å². The third kappa shape index (κ3) is 4.89. The van der Waals surface area contributed by atoms with Gasteiger partial charge in [0.15, 0.2) is 0 Å². The topological polar surface area (TPSA) is 66.8 Å². The molecule has 1 aromatic rings. The van der Waals surface area contributed by atoms with Crippen LogP contribution in [-0.4, -0.2) is 33.2 Å². The maximum absolute atomic E-state index is 12.1. The van der Waals surface area contributed by atoms with Gasteiger partial charge in [0.05, 0.1) is 11.7 Å². The smallest absolute Gasteiger partial charge is 0.339 e. The summed E-state index contributed by atoms with van der Waals surface area (Å²) in [5.41, 5.74) is 0.0580. The van der Waals surface area contributed by atoms with Crippen LogP contribution in [0.1, 0.15) is 49.2 Å². The number of hydrogen-bond donors (Lipinski definition) is 2. The first kappa shape index (κ1) is 17.1. The molecule has 0 radical (unpaired) electrons. The number of hydrogen-bond acceptors (Lipinski definition) is 4. The number of carbonyl (C=O) groups is 1. The van der Waals surface area contributed by atoms with Crippen molar-refractivity contribution in [3.63, 3.8) is 0 Å². The van der Waals surface area contributed by atoms with Crippen LogP contribution < -0.4 is 0 Å². The van der Waals surface area contributed by atoms with E-state index in [0.717, 1.165) is 0 Å². The number of esters is 1. The van der Waals surface area contributed by atoms with Crippen LogP contribution >= 0.6 is 15.9 Å². The summed E-state index contributed by atoms with van der Waals surface area (Å²) < 4.78 is 5.31. The van der Waals surface area contributed by atoms with Gasteiger partial charge in [0.1, 0.15) is 11.7 Å². The summed E-state index contributed by atoms with van der Waals surface area (Å²) in [5.74, 6) is -0.502. The minimum atomic E-state index is -1.11.